The third kappa shape index (κ3) is 47.8. The number of carbonyl (C=O) groups is 2. The van der Waals surface area contributed by atoms with Crippen molar-refractivity contribution in [2.24, 2.45) is 0 Å². The van der Waals surface area contributed by atoms with E-state index in [-0.39, 0.29) is 25.2 Å². The Balaban J connectivity index is 3.49. The summed E-state index contributed by atoms with van der Waals surface area (Å²) in [5, 5.41) is 9.62. The van der Waals surface area contributed by atoms with Crippen molar-refractivity contribution < 1.29 is 24.2 Å². The first kappa shape index (κ1) is 57.1. The number of hydrogen-bond donors (Lipinski definition) is 1. The van der Waals surface area contributed by atoms with Crippen LogP contribution in [0.15, 0.2) is 85.1 Å². The number of aliphatic hydroxyl groups excluding tert-OH is 1. The van der Waals surface area contributed by atoms with Crippen LogP contribution in [0.1, 0.15) is 232 Å². The third-order valence-electron chi connectivity index (χ3n) is 10.7. The fourth-order valence-corrected chi connectivity index (χ4v) is 6.97. The summed E-state index contributed by atoms with van der Waals surface area (Å²) >= 11 is 0. The number of unbranched alkanes of at least 4 members (excludes halogenated alkanes) is 23. The predicted molar refractivity (Wildman–Crippen MR) is 260 cm³/mol. The van der Waals surface area contributed by atoms with E-state index in [0.717, 1.165) is 89.9 Å². The average Bonchev–Trinajstić information content (AvgIpc) is 3.25. The van der Waals surface area contributed by atoms with Gasteiger partial charge in [-0.15, -0.1) is 0 Å². The van der Waals surface area contributed by atoms with E-state index in [2.05, 4.69) is 98.9 Å². The zero-order chi connectivity index (χ0) is 43.5. The van der Waals surface area contributed by atoms with Gasteiger partial charge in [0.05, 0.1) is 6.61 Å². The number of esters is 2. The van der Waals surface area contributed by atoms with Gasteiger partial charge >= 0.3 is 11.9 Å². The van der Waals surface area contributed by atoms with Gasteiger partial charge < -0.3 is 14.6 Å². The number of carbonyl (C=O) groups excluding carboxylic acids is 2. The number of allylic oxidation sites excluding steroid dienone is 14. The first-order valence-electron chi connectivity index (χ1n) is 25.1. The van der Waals surface area contributed by atoms with E-state index in [4.69, 9.17) is 9.47 Å². The molecule has 1 unspecified atom stereocenters. The first-order chi connectivity index (χ1) is 29.6. The maximum Gasteiger partial charge on any atom is 0.306 e. The minimum Gasteiger partial charge on any atom is -0.462 e. The number of ether oxygens (including phenoxy) is 2. The Morgan fingerprint density at radius 1 is 0.383 bits per heavy atom. The minimum absolute atomic E-state index is 0.0731. The summed E-state index contributed by atoms with van der Waals surface area (Å²) in [6.45, 7) is 3.92. The van der Waals surface area contributed by atoms with Gasteiger partial charge in [0.15, 0.2) is 6.10 Å². The standard InChI is InChI=1S/C55H94O5/c1-3-5-7-9-11-13-15-17-19-21-22-23-24-25-26-27-28-29-30-31-32-34-36-38-40-42-44-46-48-50-55(58)60-53(51-56)52-59-54(57)49-47-45-43-41-39-37-35-33-20-18-16-14-12-10-8-6-4-2/h5-8,11-14,17-20,22-23,53,56H,3-4,9-10,15-16,21,24-52H2,1-2H3/b7-5-,8-6-,13-11-,14-12-,19-17-,20-18-,23-22-. The summed E-state index contributed by atoms with van der Waals surface area (Å²) in [4.78, 5) is 24.4. The molecule has 0 amide bonds. The Bertz CT molecular complexity index is 1130. The molecule has 5 nitrogen and oxygen atoms in total. The highest BCUT2D eigenvalue weighted by Gasteiger charge is 2.16. The molecule has 0 saturated heterocycles. The van der Waals surface area contributed by atoms with Gasteiger partial charge in [-0.2, -0.15) is 0 Å². The van der Waals surface area contributed by atoms with E-state index in [9.17, 15) is 14.7 Å². The van der Waals surface area contributed by atoms with E-state index in [1.807, 2.05) is 0 Å². The van der Waals surface area contributed by atoms with Crippen LogP contribution >= 0.6 is 0 Å². The molecule has 0 aliphatic carbocycles. The van der Waals surface area contributed by atoms with E-state index in [0.29, 0.717) is 12.8 Å². The predicted octanol–water partition coefficient (Wildman–Crippen LogP) is 16.6. The largest absolute Gasteiger partial charge is 0.462 e. The lowest BCUT2D eigenvalue weighted by molar-refractivity contribution is -0.161. The summed E-state index contributed by atoms with van der Waals surface area (Å²) in [6.07, 6.45) is 69.6. The third-order valence-corrected chi connectivity index (χ3v) is 10.7. The Morgan fingerprint density at radius 3 is 1.00 bits per heavy atom. The highest BCUT2D eigenvalue weighted by atomic mass is 16.6. The van der Waals surface area contributed by atoms with Gasteiger partial charge in [-0.05, 0) is 83.5 Å². The van der Waals surface area contributed by atoms with Gasteiger partial charge in [0.25, 0.3) is 0 Å². The van der Waals surface area contributed by atoms with Crippen LogP contribution in [0.2, 0.25) is 0 Å². The molecule has 0 aromatic carbocycles. The van der Waals surface area contributed by atoms with Crippen molar-refractivity contribution >= 4 is 11.9 Å². The van der Waals surface area contributed by atoms with Gasteiger partial charge in [-0.1, -0.05) is 221 Å². The normalized spacial score (nSPS) is 12.9. The topological polar surface area (TPSA) is 72.8 Å². The van der Waals surface area contributed by atoms with Crippen molar-refractivity contribution in [1.29, 1.82) is 0 Å². The molecule has 0 aliphatic rings. The van der Waals surface area contributed by atoms with Crippen LogP contribution in [0.3, 0.4) is 0 Å². The fraction of sp³-hybridized carbons (Fsp3) is 0.709. The molecule has 0 fully saturated rings. The lowest BCUT2D eigenvalue weighted by Crippen LogP contribution is -2.28. The van der Waals surface area contributed by atoms with Crippen molar-refractivity contribution in [2.75, 3.05) is 13.2 Å². The van der Waals surface area contributed by atoms with E-state index >= 15 is 0 Å². The van der Waals surface area contributed by atoms with Crippen LogP contribution in [0, 0.1) is 0 Å². The van der Waals surface area contributed by atoms with Gasteiger partial charge in [0, 0.05) is 12.8 Å². The first-order valence-corrected chi connectivity index (χ1v) is 25.1. The lowest BCUT2D eigenvalue weighted by atomic mass is 10.0. The molecule has 0 aliphatic heterocycles. The van der Waals surface area contributed by atoms with Gasteiger partial charge in [-0.3, -0.25) is 9.59 Å². The average molecular weight is 835 g/mol. The van der Waals surface area contributed by atoms with Crippen LogP contribution in [0.5, 0.6) is 0 Å². The Labute approximate surface area is 371 Å². The van der Waals surface area contributed by atoms with Crippen LogP contribution < -0.4 is 0 Å². The molecule has 0 heterocycles. The molecule has 0 spiro atoms. The summed E-state index contributed by atoms with van der Waals surface area (Å²) < 4.78 is 10.7. The molecule has 1 atom stereocenters. The van der Waals surface area contributed by atoms with Crippen molar-refractivity contribution in [3.05, 3.63) is 85.1 Å². The monoisotopic (exact) mass is 835 g/mol. The van der Waals surface area contributed by atoms with Crippen molar-refractivity contribution in [1.82, 2.24) is 0 Å². The second-order valence-corrected chi connectivity index (χ2v) is 16.5. The summed E-state index contributed by atoms with van der Waals surface area (Å²) in [5.41, 5.74) is 0. The zero-order valence-electron chi connectivity index (χ0n) is 39.2. The lowest BCUT2D eigenvalue weighted by Gasteiger charge is -2.15. The second kappa shape index (κ2) is 50.4. The Hall–Kier alpha value is -2.92. The molecule has 0 aromatic heterocycles. The smallest absolute Gasteiger partial charge is 0.306 e. The highest BCUT2D eigenvalue weighted by Crippen LogP contribution is 2.15. The SMILES string of the molecule is CC/C=C\C/C=C\C/C=C\C/C=C\CCCCCCCCCCCCCCCCCCC(=O)OC(CO)COC(=O)CCCCCCCCC/C=C\C/C=C\C/C=C\CC. The van der Waals surface area contributed by atoms with Gasteiger partial charge in [0.1, 0.15) is 6.61 Å². The maximum atomic E-state index is 12.3. The maximum absolute atomic E-state index is 12.3. The molecule has 1 N–H and O–H groups in total. The zero-order valence-corrected chi connectivity index (χ0v) is 39.2. The molecule has 0 saturated carbocycles. The number of rotatable bonds is 45. The van der Waals surface area contributed by atoms with E-state index in [1.54, 1.807) is 0 Å². The van der Waals surface area contributed by atoms with Crippen molar-refractivity contribution in [3.63, 3.8) is 0 Å². The molecular weight excluding hydrogens is 741 g/mol. The molecule has 0 rings (SSSR count). The molecule has 0 radical (unpaired) electrons. The summed E-state index contributed by atoms with van der Waals surface area (Å²) in [7, 11) is 0. The molecule has 5 heteroatoms. The quantitative estimate of drug-likeness (QED) is 0.0376. The van der Waals surface area contributed by atoms with Crippen LogP contribution in [0.4, 0.5) is 0 Å². The van der Waals surface area contributed by atoms with Crippen LogP contribution in [0.25, 0.3) is 0 Å². The fourth-order valence-electron chi connectivity index (χ4n) is 6.97. The summed E-state index contributed by atoms with van der Waals surface area (Å²) in [5.74, 6) is -0.600. The number of aliphatic hydroxyl groups is 1. The Morgan fingerprint density at radius 2 is 0.667 bits per heavy atom. The molecule has 0 bridgehead atoms. The minimum atomic E-state index is -0.779. The second-order valence-electron chi connectivity index (χ2n) is 16.5. The highest BCUT2D eigenvalue weighted by molar-refractivity contribution is 5.70. The molecule has 0 aromatic rings. The van der Waals surface area contributed by atoms with Crippen molar-refractivity contribution in [2.45, 2.75) is 238 Å². The number of hydrogen-bond acceptors (Lipinski definition) is 5. The summed E-state index contributed by atoms with van der Waals surface area (Å²) in [6, 6.07) is 0. The Kier molecular flexibility index (Phi) is 48.0. The van der Waals surface area contributed by atoms with Gasteiger partial charge in [0.2, 0.25) is 0 Å². The molecule has 60 heavy (non-hydrogen) atoms. The van der Waals surface area contributed by atoms with Gasteiger partial charge in [-0.25, -0.2) is 0 Å². The van der Waals surface area contributed by atoms with E-state index < -0.39 is 6.10 Å². The van der Waals surface area contributed by atoms with Crippen molar-refractivity contribution in [3.8, 4) is 0 Å². The molecule has 344 valence electrons. The molecular formula is C55H94O5. The van der Waals surface area contributed by atoms with E-state index in [1.165, 1.54) is 116 Å². The van der Waals surface area contributed by atoms with Crippen LogP contribution in [-0.2, 0) is 19.1 Å². The van der Waals surface area contributed by atoms with Crippen LogP contribution in [-0.4, -0.2) is 36.4 Å².